The van der Waals surface area contributed by atoms with Crippen LogP contribution < -0.4 is 5.32 Å². The zero-order valence-corrected chi connectivity index (χ0v) is 24.7. The minimum atomic E-state index is -3.45. The molecule has 0 saturated carbocycles. The lowest BCUT2D eigenvalue weighted by molar-refractivity contribution is 0.0139. The molecule has 2 amide bonds. The maximum atomic E-state index is 12.8. The van der Waals surface area contributed by atoms with Gasteiger partial charge in [-0.15, -0.1) is 0 Å². The van der Waals surface area contributed by atoms with Crippen LogP contribution >= 0.6 is 27.5 Å². The summed E-state index contributed by atoms with van der Waals surface area (Å²) in [7, 11) is -3.45. The fraction of sp³-hybridized carbons (Fsp3) is 0.462. The Morgan fingerprint density at radius 1 is 1.05 bits per heavy atom. The van der Waals surface area contributed by atoms with Gasteiger partial charge in [0.2, 0.25) is 0 Å². The van der Waals surface area contributed by atoms with Crippen molar-refractivity contribution in [2.24, 2.45) is 0 Å². The number of nitrogens with zero attached hydrogens (tertiary/aromatic N) is 2. The molecule has 11 heteroatoms. The van der Waals surface area contributed by atoms with Crippen LogP contribution in [0.25, 0.3) is 0 Å². The number of rotatable bonds is 7. The molecule has 1 saturated heterocycles. The lowest BCUT2D eigenvalue weighted by atomic mass is 10.1. The van der Waals surface area contributed by atoms with Gasteiger partial charge in [-0.3, -0.25) is 9.69 Å². The van der Waals surface area contributed by atoms with E-state index in [9.17, 15) is 18.0 Å². The molecule has 3 rings (SSSR count). The van der Waals surface area contributed by atoms with Gasteiger partial charge in [0, 0.05) is 54.3 Å². The summed E-state index contributed by atoms with van der Waals surface area (Å²) >= 11 is 9.64. The summed E-state index contributed by atoms with van der Waals surface area (Å²) in [4.78, 5) is 29.2. The van der Waals surface area contributed by atoms with E-state index in [1.165, 1.54) is 12.1 Å². The lowest BCUT2D eigenvalue weighted by Crippen LogP contribution is -2.49. The molecule has 0 spiro atoms. The van der Waals surface area contributed by atoms with Gasteiger partial charge in [-0.05, 0) is 62.2 Å². The molecule has 2 aromatic rings. The Hall–Kier alpha value is -2.14. The molecular formula is C26H33BrClN3O5S. The highest BCUT2D eigenvalue weighted by atomic mass is 79.9. The zero-order chi connectivity index (χ0) is 27.4. The van der Waals surface area contributed by atoms with Crippen molar-refractivity contribution in [2.45, 2.75) is 51.3 Å². The lowest BCUT2D eigenvalue weighted by Gasteiger charge is -2.35. The quantitative estimate of drug-likeness (QED) is 0.478. The number of amides is 2. The van der Waals surface area contributed by atoms with Crippen LogP contribution in [-0.4, -0.2) is 67.8 Å². The molecule has 0 bridgehead atoms. The Labute approximate surface area is 232 Å². The Morgan fingerprint density at radius 2 is 1.73 bits per heavy atom. The third-order valence-electron chi connectivity index (χ3n) is 5.91. The molecule has 1 aliphatic heterocycles. The van der Waals surface area contributed by atoms with Crippen LogP contribution in [0.2, 0.25) is 5.02 Å². The number of nitrogens with one attached hydrogen (secondary N) is 1. The molecule has 0 atom stereocenters. The van der Waals surface area contributed by atoms with Crippen molar-refractivity contribution >= 4 is 49.4 Å². The third-order valence-corrected chi connectivity index (χ3v) is 8.71. The first-order chi connectivity index (χ1) is 17.3. The fourth-order valence-electron chi connectivity index (χ4n) is 3.90. The standard InChI is InChI=1S/C26H33BrClN3O5S/c1-5-37(34,35)23-9-8-21(28)14-20(23)16-29-24(32)18-6-7-19(22(27)15-18)17-30-10-12-31(13-11-30)25(33)36-26(2,3)4/h6-9,14-15H,5,10-13,16-17H2,1-4H3,(H,29,32). The average Bonchev–Trinajstić information content (AvgIpc) is 2.83. The maximum absolute atomic E-state index is 12.8. The van der Waals surface area contributed by atoms with Gasteiger partial charge < -0.3 is 15.0 Å². The van der Waals surface area contributed by atoms with Crippen LogP contribution in [0, 0.1) is 0 Å². The van der Waals surface area contributed by atoms with Gasteiger partial charge in [-0.25, -0.2) is 13.2 Å². The fourth-order valence-corrected chi connectivity index (χ4v) is 5.71. The summed E-state index contributed by atoms with van der Waals surface area (Å²) in [5.41, 5.74) is 1.40. The number of sulfone groups is 1. The molecule has 1 N–H and O–H groups in total. The van der Waals surface area contributed by atoms with E-state index < -0.39 is 15.4 Å². The van der Waals surface area contributed by atoms with E-state index >= 15 is 0 Å². The highest BCUT2D eigenvalue weighted by molar-refractivity contribution is 9.10. The van der Waals surface area contributed by atoms with Crippen LogP contribution in [0.5, 0.6) is 0 Å². The smallest absolute Gasteiger partial charge is 0.410 e. The molecule has 1 aliphatic rings. The van der Waals surface area contributed by atoms with E-state index in [4.69, 9.17) is 16.3 Å². The van der Waals surface area contributed by atoms with E-state index in [2.05, 4.69) is 26.1 Å². The monoisotopic (exact) mass is 613 g/mol. The summed E-state index contributed by atoms with van der Waals surface area (Å²) in [6.45, 7) is 10.5. The Balaban J connectivity index is 1.59. The molecule has 2 aromatic carbocycles. The molecule has 0 unspecified atom stereocenters. The first-order valence-electron chi connectivity index (χ1n) is 12.1. The van der Waals surface area contributed by atoms with E-state index in [1.807, 2.05) is 26.8 Å². The molecule has 0 aromatic heterocycles. The second-order valence-electron chi connectivity index (χ2n) is 9.89. The van der Waals surface area contributed by atoms with Gasteiger partial charge in [0.25, 0.3) is 5.91 Å². The second kappa shape index (κ2) is 12.1. The molecule has 37 heavy (non-hydrogen) atoms. The van der Waals surface area contributed by atoms with E-state index in [0.29, 0.717) is 35.8 Å². The molecule has 0 aliphatic carbocycles. The van der Waals surface area contributed by atoms with Gasteiger partial charge in [0.05, 0.1) is 10.6 Å². The van der Waals surface area contributed by atoms with Crippen molar-refractivity contribution in [1.29, 1.82) is 0 Å². The highest BCUT2D eigenvalue weighted by Crippen LogP contribution is 2.24. The van der Waals surface area contributed by atoms with Crippen LogP contribution in [0.4, 0.5) is 4.79 Å². The molecule has 0 radical (unpaired) electrons. The number of hydrogen-bond acceptors (Lipinski definition) is 6. The van der Waals surface area contributed by atoms with E-state index in [-0.39, 0.29) is 29.2 Å². The first-order valence-corrected chi connectivity index (χ1v) is 14.9. The predicted molar refractivity (Wildman–Crippen MR) is 148 cm³/mol. The Bertz CT molecular complexity index is 1260. The third kappa shape index (κ3) is 8.17. The highest BCUT2D eigenvalue weighted by Gasteiger charge is 2.26. The summed E-state index contributed by atoms with van der Waals surface area (Å²) in [6.07, 6.45) is -0.291. The van der Waals surface area contributed by atoms with Crippen molar-refractivity contribution < 1.29 is 22.7 Å². The predicted octanol–water partition coefficient (Wildman–Crippen LogP) is 4.88. The van der Waals surface area contributed by atoms with Crippen LogP contribution in [0.15, 0.2) is 45.8 Å². The largest absolute Gasteiger partial charge is 0.444 e. The van der Waals surface area contributed by atoms with Crippen molar-refractivity contribution in [3.8, 4) is 0 Å². The zero-order valence-electron chi connectivity index (χ0n) is 21.5. The molecule has 1 fully saturated rings. The van der Waals surface area contributed by atoms with Gasteiger partial charge in [-0.2, -0.15) is 0 Å². The average molecular weight is 615 g/mol. The van der Waals surface area contributed by atoms with Gasteiger partial charge in [0.1, 0.15) is 5.60 Å². The van der Waals surface area contributed by atoms with E-state index in [0.717, 1.165) is 23.1 Å². The summed E-state index contributed by atoms with van der Waals surface area (Å²) in [6, 6.07) is 9.96. The van der Waals surface area contributed by atoms with Gasteiger partial charge in [0.15, 0.2) is 9.84 Å². The number of carbonyl (C=O) groups is 2. The van der Waals surface area contributed by atoms with Crippen LogP contribution in [-0.2, 0) is 27.7 Å². The number of carbonyl (C=O) groups excluding carboxylic acids is 2. The van der Waals surface area contributed by atoms with Crippen molar-refractivity contribution in [3.63, 3.8) is 0 Å². The number of benzene rings is 2. The van der Waals surface area contributed by atoms with Crippen LogP contribution in [0.3, 0.4) is 0 Å². The first kappa shape index (κ1) is 29.4. The number of halogens is 2. The number of hydrogen-bond donors (Lipinski definition) is 1. The number of piperazine rings is 1. The van der Waals surface area contributed by atoms with E-state index in [1.54, 1.807) is 30.0 Å². The molecule has 202 valence electrons. The molecular weight excluding hydrogens is 582 g/mol. The Morgan fingerprint density at radius 3 is 2.32 bits per heavy atom. The van der Waals surface area contributed by atoms with Crippen LogP contribution in [0.1, 0.15) is 49.2 Å². The minimum absolute atomic E-state index is 0.0370. The molecule has 8 nitrogen and oxygen atoms in total. The topological polar surface area (TPSA) is 96.0 Å². The summed E-state index contributed by atoms with van der Waals surface area (Å²) in [5, 5.41) is 3.20. The molecule has 1 heterocycles. The summed E-state index contributed by atoms with van der Waals surface area (Å²) in [5.74, 6) is -0.363. The van der Waals surface area contributed by atoms with Crippen molar-refractivity contribution in [3.05, 3.63) is 62.6 Å². The second-order valence-corrected chi connectivity index (χ2v) is 13.4. The van der Waals surface area contributed by atoms with Crippen molar-refractivity contribution in [2.75, 3.05) is 31.9 Å². The SMILES string of the molecule is CCS(=O)(=O)c1ccc(Cl)cc1CNC(=O)c1ccc(CN2CCN(C(=O)OC(C)(C)C)CC2)c(Br)c1. The normalized spacial score (nSPS) is 14.9. The van der Waals surface area contributed by atoms with Crippen molar-refractivity contribution in [1.82, 2.24) is 15.1 Å². The van der Waals surface area contributed by atoms with Gasteiger partial charge >= 0.3 is 6.09 Å². The summed E-state index contributed by atoms with van der Waals surface area (Å²) < 4.78 is 31.1. The van der Waals surface area contributed by atoms with Gasteiger partial charge in [-0.1, -0.05) is 40.5 Å². The number of ether oxygens (including phenoxy) is 1. The Kier molecular flexibility index (Phi) is 9.66. The maximum Gasteiger partial charge on any atom is 0.410 e. The minimum Gasteiger partial charge on any atom is -0.444 e.